The molecular formula is C16H28N2O3. The summed E-state index contributed by atoms with van der Waals surface area (Å²) in [5, 5.41) is 12.5. The van der Waals surface area contributed by atoms with Gasteiger partial charge in [0.1, 0.15) is 6.04 Å². The van der Waals surface area contributed by atoms with Gasteiger partial charge in [0.05, 0.1) is 0 Å². The molecule has 120 valence electrons. The van der Waals surface area contributed by atoms with Crippen LogP contribution in [0.1, 0.15) is 58.8 Å². The van der Waals surface area contributed by atoms with E-state index in [4.69, 9.17) is 0 Å². The van der Waals surface area contributed by atoms with Gasteiger partial charge in [0.15, 0.2) is 0 Å². The molecule has 2 aliphatic rings. The number of aliphatic carboxylic acids is 1. The molecule has 0 aromatic carbocycles. The quantitative estimate of drug-likeness (QED) is 0.770. The Morgan fingerprint density at radius 2 is 1.81 bits per heavy atom. The number of carbonyl (C=O) groups excluding carboxylic acids is 1. The molecule has 5 heteroatoms. The summed E-state index contributed by atoms with van der Waals surface area (Å²) in [5.41, 5.74) is 0. The first-order chi connectivity index (χ1) is 9.99. The summed E-state index contributed by atoms with van der Waals surface area (Å²) in [7, 11) is 0. The Hall–Kier alpha value is -1.26. The van der Waals surface area contributed by atoms with Gasteiger partial charge in [0.25, 0.3) is 0 Å². The number of urea groups is 1. The molecule has 0 bridgehead atoms. The Kier molecular flexibility index (Phi) is 5.48. The maximum atomic E-state index is 12.5. The van der Waals surface area contributed by atoms with Crippen molar-refractivity contribution in [3.05, 3.63) is 0 Å². The zero-order valence-electron chi connectivity index (χ0n) is 13.2. The molecule has 1 heterocycles. The normalized spacial score (nSPS) is 34.1. The number of nitrogens with zero attached hydrogens (tertiary/aromatic N) is 1. The lowest BCUT2D eigenvalue weighted by atomic mass is 9.92. The maximum Gasteiger partial charge on any atom is 0.326 e. The molecule has 0 aromatic heterocycles. The van der Waals surface area contributed by atoms with Crippen LogP contribution in [0.5, 0.6) is 0 Å². The van der Waals surface area contributed by atoms with E-state index in [1.807, 2.05) is 0 Å². The first-order valence-corrected chi connectivity index (χ1v) is 8.29. The van der Waals surface area contributed by atoms with Crippen molar-refractivity contribution in [2.24, 2.45) is 11.8 Å². The third-order valence-electron chi connectivity index (χ3n) is 5.08. The molecular weight excluding hydrogens is 268 g/mol. The molecule has 5 nitrogen and oxygen atoms in total. The molecule has 0 spiro atoms. The van der Waals surface area contributed by atoms with E-state index in [0.717, 1.165) is 25.7 Å². The highest BCUT2D eigenvalue weighted by Gasteiger charge is 2.35. The first kappa shape index (κ1) is 16.1. The van der Waals surface area contributed by atoms with Gasteiger partial charge in [0.2, 0.25) is 0 Å². The zero-order valence-corrected chi connectivity index (χ0v) is 13.2. The van der Waals surface area contributed by atoms with Crippen molar-refractivity contribution in [3.8, 4) is 0 Å². The SMILES string of the molecule is CC1CCN(C(=O)NC2CCCCCC2C)C(C(=O)O)C1. The Morgan fingerprint density at radius 3 is 2.52 bits per heavy atom. The summed E-state index contributed by atoms with van der Waals surface area (Å²) in [6.45, 7) is 4.78. The van der Waals surface area contributed by atoms with Crippen LogP contribution in [0.15, 0.2) is 0 Å². The van der Waals surface area contributed by atoms with Gasteiger partial charge in [-0.05, 0) is 37.5 Å². The largest absolute Gasteiger partial charge is 0.480 e. The minimum atomic E-state index is -0.884. The van der Waals surface area contributed by atoms with E-state index >= 15 is 0 Å². The number of piperidine rings is 1. The fraction of sp³-hybridized carbons (Fsp3) is 0.875. The van der Waals surface area contributed by atoms with Gasteiger partial charge in [0, 0.05) is 12.6 Å². The average Bonchev–Trinajstić information content (AvgIpc) is 2.64. The average molecular weight is 296 g/mol. The van der Waals surface area contributed by atoms with Crippen LogP contribution in [0.25, 0.3) is 0 Å². The molecule has 0 radical (unpaired) electrons. The molecule has 2 fully saturated rings. The van der Waals surface area contributed by atoms with E-state index in [2.05, 4.69) is 19.2 Å². The van der Waals surface area contributed by atoms with E-state index in [9.17, 15) is 14.7 Å². The van der Waals surface area contributed by atoms with Crippen LogP contribution in [-0.2, 0) is 4.79 Å². The summed E-state index contributed by atoms with van der Waals surface area (Å²) in [5.74, 6) is -0.0407. The molecule has 1 aliphatic heterocycles. The minimum Gasteiger partial charge on any atom is -0.480 e. The Labute approximate surface area is 127 Å². The third-order valence-corrected chi connectivity index (χ3v) is 5.08. The fourth-order valence-electron chi connectivity index (χ4n) is 3.57. The number of carboxylic acid groups (broad SMARTS) is 1. The van der Waals surface area contributed by atoms with Crippen molar-refractivity contribution >= 4 is 12.0 Å². The van der Waals surface area contributed by atoms with Crippen LogP contribution in [0, 0.1) is 11.8 Å². The highest BCUT2D eigenvalue weighted by molar-refractivity contribution is 5.83. The summed E-state index contributed by atoms with van der Waals surface area (Å²) < 4.78 is 0. The maximum absolute atomic E-state index is 12.5. The second-order valence-electron chi connectivity index (χ2n) is 6.85. The van der Waals surface area contributed by atoms with Crippen molar-refractivity contribution < 1.29 is 14.7 Å². The number of nitrogens with one attached hydrogen (secondary N) is 1. The molecule has 1 saturated carbocycles. The highest BCUT2D eigenvalue weighted by atomic mass is 16.4. The zero-order chi connectivity index (χ0) is 15.4. The highest BCUT2D eigenvalue weighted by Crippen LogP contribution is 2.25. The van der Waals surface area contributed by atoms with Crippen molar-refractivity contribution in [2.45, 2.75) is 70.9 Å². The van der Waals surface area contributed by atoms with Crippen LogP contribution in [0.2, 0.25) is 0 Å². The molecule has 2 N–H and O–H groups in total. The molecule has 4 unspecified atom stereocenters. The molecule has 2 amide bonds. The lowest BCUT2D eigenvalue weighted by Crippen LogP contribution is -2.55. The molecule has 0 aromatic rings. The van der Waals surface area contributed by atoms with Gasteiger partial charge in [-0.25, -0.2) is 9.59 Å². The third kappa shape index (κ3) is 4.11. The summed E-state index contributed by atoms with van der Waals surface area (Å²) in [6, 6.07) is -0.670. The number of likely N-dealkylation sites (tertiary alicyclic amines) is 1. The lowest BCUT2D eigenvalue weighted by Gasteiger charge is -2.37. The van der Waals surface area contributed by atoms with Gasteiger partial charge < -0.3 is 15.3 Å². The first-order valence-electron chi connectivity index (χ1n) is 8.29. The second kappa shape index (κ2) is 7.14. The van der Waals surface area contributed by atoms with E-state index in [-0.39, 0.29) is 12.1 Å². The van der Waals surface area contributed by atoms with Crippen molar-refractivity contribution in [3.63, 3.8) is 0 Å². The number of hydrogen-bond donors (Lipinski definition) is 2. The van der Waals surface area contributed by atoms with Crippen molar-refractivity contribution in [2.75, 3.05) is 6.54 Å². The Balaban J connectivity index is 1.98. The van der Waals surface area contributed by atoms with Crippen LogP contribution in [-0.4, -0.2) is 40.6 Å². The minimum absolute atomic E-state index is 0.187. The number of carbonyl (C=O) groups is 2. The number of hydrogen-bond acceptors (Lipinski definition) is 2. The summed E-state index contributed by atoms with van der Waals surface area (Å²) in [4.78, 5) is 25.4. The van der Waals surface area contributed by atoms with Gasteiger partial charge in [-0.15, -0.1) is 0 Å². The van der Waals surface area contributed by atoms with Crippen LogP contribution < -0.4 is 5.32 Å². The number of rotatable bonds is 2. The number of carboxylic acids is 1. The standard InChI is InChI=1S/C16H28N2O3/c1-11-8-9-18(14(10-11)15(19)20)16(21)17-13-7-5-3-4-6-12(13)2/h11-14H,3-10H2,1-2H3,(H,17,21)(H,19,20). The fourth-order valence-corrected chi connectivity index (χ4v) is 3.57. The van der Waals surface area contributed by atoms with E-state index < -0.39 is 12.0 Å². The smallest absolute Gasteiger partial charge is 0.326 e. The van der Waals surface area contributed by atoms with E-state index in [1.54, 1.807) is 0 Å². The van der Waals surface area contributed by atoms with Gasteiger partial charge in [-0.3, -0.25) is 0 Å². The van der Waals surface area contributed by atoms with E-state index in [0.29, 0.717) is 24.8 Å². The predicted octanol–water partition coefficient (Wildman–Crippen LogP) is 2.85. The molecule has 1 aliphatic carbocycles. The Bertz CT molecular complexity index is 386. The Morgan fingerprint density at radius 1 is 1.10 bits per heavy atom. The van der Waals surface area contributed by atoms with Gasteiger partial charge in [-0.1, -0.05) is 33.1 Å². The topological polar surface area (TPSA) is 69.6 Å². The van der Waals surface area contributed by atoms with Crippen LogP contribution >= 0.6 is 0 Å². The molecule has 4 atom stereocenters. The molecule has 1 saturated heterocycles. The second-order valence-corrected chi connectivity index (χ2v) is 6.85. The lowest BCUT2D eigenvalue weighted by molar-refractivity contribution is -0.143. The molecule has 2 rings (SSSR count). The summed E-state index contributed by atoms with van der Waals surface area (Å²) in [6.07, 6.45) is 7.20. The van der Waals surface area contributed by atoms with Crippen molar-refractivity contribution in [1.29, 1.82) is 0 Å². The summed E-state index contributed by atoms with van der Waals surface area (Å²) >= 11 is 0. The van der Waals surface area contributed by atoms with E-state index in [1.165, 1.54) is 17.7 Å². The number of amides is 2. The van der Waals surface area contributed by atoms with Gasteiger partial charge >= 0.3 is 12.0 Å². The van der Waals surface area contributed by atoms with Crippen LogP contribution in [0.4, 0.5) is 4.79 Å². The monoisotopic (exact) mass is 296 g/mol. The van der Waals surface area contributed by atoms with Gasteiger partial charge in [-0.2, -0.15) is 0 Å². The molecule has 21 heavy (non-hydrogen) atoms. The predicted molar refractivity (Wildman–Crippen MR) is 81.1 cm³/mol. The van der Waals surface area contributed by atoms with Crippen molar-refractivity contribution in [1.82, 2.24) is 10.2 Å². The van der Waals surface area contributed by atoms with Crippen LogP contribution in [0.3, 0.4) is 0 Å².